The summed E-state index contributed by atoms with van der Waals surface area (Å²) in [4.78, 5) is 39.5. The van der Waals surface area contributed by atoms with Gasteiger partial charge in [0.2, 0.25) is 0 Å². The van der Waals surface area contributed by atoms with E-state index in [-0.39, 0.29) is 5.78 Å². The molecule has 1 aliphatic heterocycles. The molecule has 2 aromatic rings. The van der Waals surface area contributed by atoms with Gasteiger partial charge in [-0.3, -0.25) is 9.78 Å². The summed E-state index contributed by atoms with van der Waals surface area (Å²) >= 11 is 0. The van der Waals surface area contributed by atoms with Gasteiger partial charge >= 0.3 is 11.9 Å². The Hall–Kier alpha value is -3.40. The van der Waals surface area contributed by atoms with Crippen LogP contribution in [0.25, 0.3) is 10.9 Å². The molecule has 1 aromatic heterocycles. The number of unbranched alkanes of at least 4 members (excludes halogenated alkanes) is 1. The lowest BCUT2D eigenvalue weighted by atomic mass is 9.80. The van der Waals surface area contributed by atoms with Crippen LogP contribution in [-0.4, -0.2) is 79.9 Å². The first-order chi connectivity index (χ1) is 17.6. The number of rotatable bonds is 11. The number of aliphatic hydroxyl groups is 2. The summed E-state index contributed by atoms with van der Waals surface area (Å²) in [5.41, 5.74) is 2.26. The predicted molar refractivity (Wildman–Crippen MR) is 140 cm³/mol. The molecule has 0 radical (unpaired) electrons. The van der Waals surface area contributed by atoms with E-state index < -0.39 is 24.1 Å². The van der Waals surface area contributed by atoms with Crippen molar-refractivity contribution < 1.29 is 34.8 Å². The molecule has 1 aromatic carbocycles. The minimum Gasteiger partial charge on any atom is -0.479 e. The van der Waals surface area contributed by atoms with Gasteiger partial charge in [0.1, 0.15) is 0 Å². The molecule has 4 N–H and O–H groups in total. The maximum Gasteiger partial charge on any atom is 0.335 e. The van der Waals surface area contributed by atoms with E-state index in [2.05, 4.69) is 36.0 Å². The van der Waals surface area contributed by atoms with Crippen LogP contribution in [0.3, 0.4) is 0 Å². The second-order valence-electron chi connectivity index (χ2n) is 9.18. The number of allylic oxidation sites excluding steroid dienone is 1. The first-order valence-electron chi connectivity index (χ1n) is 12.3. The second kappa shape index (κ2) is 14.4. The molecule has 4 unspecified atom stereocenters. The van der Waals surface area contributed by atoms with E-state index >= 15 is 0 Å². The van der Waals surface area contributed by atoms with Crippen LogP contribution in [0.15, 0.2) is 61.3 Å². The summed E-state index contributed by atoms with van der Waals surface area (Å²) in [6.07, 6.45) is 3.57. The number of carbonyl (C=O) groups excluding carboxylic acids is 1. The Labute approximate surface area is 216 Å². The number of hydrogen-bond donors (Lipinski definition) is 4. The number of pyridine rings is 1. The predicted octanol–water partition coefficient (Wildman–Crippen LogP) is 3.17. The molecule has 200 valence electrons. The van der Waals surface area contributed by atoms with Gasteiger partial charge in [-0.1, -0.05) is 44.2 Å². The number of Topliss-reactive ketones (excluding diaryl/α,β-unsaturated/α-hetero) is 1. The maximum absolute atomic E-state index is 13.1. The minimum atomic E-state index is -2.27. The van der Waals surface area contributed by atoms with Gasteiger partial charge < -0.3 is 25.3 Å². The molecule has 9 heteroatoms. The summed E-state index contributed by atoms with van der Waals surface area (Å²) in [7, 11) is 0. The number of piperidine rings is 1. The third-order valence-corrected chi connectivity index (χ3v) is 6.55. The Balaban J connectivity index is 0.000000410. The number of ketones is 1. The number of fused-ring (bicyclic) bond motifs is 1. The average Bonchev–Trinajstić information content (AvgIpc) is 2.90. The molecule has 2 heterocycles. The fourth-order valence-electron chi connectivity index (χ4n) is 4.37. The molecule has 37 heavy (non-hydrogen) atoms. The Morgan fingerprint density at radius 3 is 2.38 bits per heavy atom. The Morgan fingerprint density at radius 2 is 1.78 bits per heavy atom. The van der Waals surface area contributed by atoms with Crippen molar-refractivity contribution in [1.82, 2.24) is 9.88 Å². The standard InChI is InChI=1S/C24H30N2O.C4H6O6/c1-4-6-14-26-15-12-20(19(5-2)17-26)16-18(3)24(27)22-11-13-25-23-10-8-7-9-21(22)23;5-1(3(7)8)2(6)4(9)10/h5,7-11,13,19-20H,2-4,6,12,14-17H2,1H3;1-2,5-6H,(H,7,8)(H,9,10). The quantitative estimate of drug-likeness (QED) is 0.202. The molecule has 4 atom stereocenters. The van der Waals surface area contributed by atoms with Crippen molar-refractivity contribution in [2.45, 2.75) is 44.8 Å². The van der Waals surface area contributed by atoms with Crippen molar-refractivity contribution in [3.05, 3.63) is 66.9 Å². The van der Waals surface area contributed by atoms with Gasteiger partial charge in [-0.05, 0) is 61.9 Å². The van der Waals surface area contributed by atoms with E-state index in [4.69, 9.17) is 20.4 Å². The van der Waals surface area contributed by atoms with Crippen LogP contribution >= 0.6 is 0 Å². The number of carboxylic acids is 2. The molecule has 9 nitrogen and oxygen atoms in total. The van der Waals surface area contributed by atoms with E-state index in [1.54, 1.807) is 6.20 Å². The Bertz CT molecular complexity index is 1090. The van der Waals surface area contributed by atoms with Crippen molar-refractivity contribution in [3.8, 4) is 0 Å². The highest BCUT2D eigenvalue weighted by atomic mass is 16.4. The number of aliphatic carboxylic acids is 2. The van der Waals surface area contributed by atoms with Gasteiger partial charge in [0, 0.05) is 23.7 Å². The molecule has 0 spiro atoms. The lowest BCUT2D eigenvalue weighted by Gasteiger charge is -2.37. The zero-order valence-corrected chi connectivity index (χ0v) is 21.1. The first kappa shape index (κ1) is 29.8. The van der Waals surface area contributed by atoms with Gasteiger partial charge in [0.05, 0.1) is 5.52 Å². The molecule has 0 saturated carbocycles. The number of para-hydroxylation sites is 1. The van der Waals surface area contributed by atoms with Gasteiger partial charge in [0.25, 0.3) is 0 Å². The van der Waals surface area contributed by atoms with Crippen LogP contribution in [0.4, 0.5) is 0 Å². The fraction of sp³-hybridized carbons (Fsp3) is 0.429. The Kier molecular flexibility index (Phi) is 11.6. The molecule has 0 amide bonds. The molecule has 3 rings (SSSR count). The third-order valence-electron chi connectivity index (χ3n) is 6.55. The van der Waals surface area contributed by atoms with Crippen molar-refractivity contribution in [1.29, 1.82) is 0 Å². The Morgan fingerprint density at radius 1 is 1.14 bits per heavy atom. The van der Waals surface area contributed by atoms with Crippen molar-refractivity contribution in [2.24, 2.45) is 11.8 Å². The van der Waals surface area contributed by atoms with E-state index in [1.165, 1.54) is 12.8 Å². The van der Waals surface area contributed by atoms with E-state index in [0.717, 1.165) is 43.4 Å². The van der Waals surface area contributed by atoms with Crippen LogP contribution in [0.2, 0.25) is 0 Å². The first-order valence-corrected chi connectivity index (χ1v) is 12.3. The second-order valence-corrected chi connectivity index (χ2v) is 9.18. The maximum atomic E-state index is 13.1. The zero-order chi connectivity index (χ0) is 27.5. The number of aromatic nitrogens is 1. The highest BCUT2D eigenvalue weighted by Crippen LogP contribution is 2.31. The molecular formula is C28H36N2O7. The summed E-state index contributed by atoms with van der Waals surface area (Å²) in [6, 6.07) is 9.60. The number of aliphatic hydroxyl groups excluding tert-OH is 2. The number of benzene rings is 1. The number of hydrogen-bond acceptors (Lipinski definition) is 7. The van der Waals surface area contributed by atoms with Crippen LogP contribution in [0.1, 0.15) is 43.0 Å². The van der Waals surface area contributed by atoms with E-state index in [9.17, 15) is 14.4 Å². The average molecular weight is 513 g/mol. The third kappa shape index (κ3) is 8.31. The minimum absolute atomic E-state index is 0.0461. The topological polar surface area (TPSA) is 148 Å². The summed E-state index contributed by atoms with van der Waals surface area (Å²) < 4.78 is 0. The smallest absolute Gasteiger partial charge is 0.335 e. The monoisotopic (exact) mass is 512 g/mol. The van der Waals surface area contributed by atoms with Gasteiger partial charge in [-0.2, -0.15) is 0 Å². The molecular weight excluding hydrogens is 476 g/mol. The molecule has 1 saturated heterocycles. The highest BCUT2D eigenvalue weighted by Gasteiger charge is 2.30. The van der Waals surface area contributed by atoms with E-state index in [0.29, 0.717) is 23.0 Å². The summed E-state index contributed by atoms with van der Waals surface area (Å²) in [5.74, 6) is -2.62. The largest absolute Gasteiger partial charge is 0.479 e. The van der Waals surface area contributed by atoms with Crippen LogP contribution in [0, 0.1) is 11.8 Å². The number of likely N-dealkylation sites (tertiary alicyclic amines) is 1. The van der Waals surface area contributed by atoms with Crippen molar-refractivity contribution in [3.63, 3.8) is 0 Å². The summed E-state index contributed by atoms with van der Waals surface area (Å²) in [5, 5.41) is 33.4. The zero-order valence-electron chi connectivity index (χ0n) is 21.1. The highest BCUT2D eigenvalue weighted by molar-refractivity contribution is 6.15. The van der Waals surface area contributed by atoms with Crippen LogP contribution in [-0.2, 0) is 9.59 Å². The van der Waals surface area contributed by atoms with Gasteiger partial charge in [-0.25, -0.2) is 9.59 Å². The SMILES string of the molecule is C=CC1CN(CCCC)CCC1CC(=C)C(=O)c1ccnc2ccccc12.O=C(O)C(O)C(O)C(=O)O. The fourth-order valence-corrected chi connectivity index (χ4v) is 4.37. The van der Waals surface area contributed by atoms with E-state index in [1.807, 2.05) is 30.3 Å². The van der Waals surface area contributed by atoms with Gasteiger partial charge in [0.15, 0.2) is 18.0 Å². The lowest BCUT2D eigenvalue weighted by Crippen LogP contribution is -2.40. The van der Waals surface area contributed by atoms with Crippen LogP contribution < -0.4 is 0 Å². The summed E-state index contributed by atoms with van der Waals surface area (Å²) in [6.45, 7) is 13.8. The van der Waals surface area contributed by atoms with Crippen molar-refractivity contribution >= 4 is 28.6 Å². The number of nitrogens with zero attached hydrogens (tertiary/aromatic N) is 2. The molecule has 0 bridgehead atoms. The molecule has 1 fully saturated rings. The number of carboxylic acid groups (broad SMARTS) is 2. The normalized spacial score (nSPS) is 19.2. The molecule has 1 aliphatic rings. The molecule has 0 aliphatic carbocycles. The lowest BCUT2D eigenvalue weighted by molar-refractivity contribution is -0.165. The van der Waals surface area contributed by atoms with Crippen molar-refractivity contribution in [2.75, 3.05) is 19.6 Å². The van der Waals surface area contributed by atoms with Gasteiger partial charge in [-0.15, -0.1) is 6.58 Å². The number of carbonyl (C=O) groups is 3. The van der Waals surface area contributed by atoms with Crippen LogP contribution in [0.5, 0.6) is 0 Å².